The molecule has 4 rings (SSSR count). The van der Waals surface area contributed by atoms with Gasteiger partial charge in [0.1, 0.15) is 0 Å². The van der Waals surface area contributed by atoms with Crippen molar-refractivity contribution in [2.45, 2.75) is 99.4 Å². The van der Waals surface area contributed by atoms with E-state index >= 15 is 0 Å². The van der Waals surface area contributed by atoms with Crippen LogP contribution in [0.25, 0.3) is 9.75 Å². The van der Waals surface area contributed by atoms with Crippen LogP contribution in [0.3, 0.4) is 0 Å². The predicted molar refractivity (Wildman–Crippen MR) is 161 cm³/mol. The average molecular weight is 622 g/mol. The third-order valence-electron chi connectivity index (χ3n) is 7.22. The van der Waals surface area contributed by atoms with Gasteiger partial charge in [0.15, 0.2) is 0 Å². The van der Waals surface area contributed by atoms with Crippen molar-refractivity contribution in [3.05, 3.63) is 34.0 Å². The first-order valence-electron chi connectivity index (χ1n) is 13.2. The van der Waals surface area contributed by atoms with Crippen LogP contribution in [0, 0.1) is 6.92 Å². The molecule has 0 radical (unpaired) electrons. The molecule has 0 saturated carbocycles. The Morgan fingerprint density at radius 1 is 0.758 bits per heavy atom. The summed E-state index contributed by atoms with van der Waals surface area (Å²) in [7, 11) is -1.90. The predicted octanol–water partition coefficient (Wildman–Crippen LogP) is 7.88. The molecule has 0 fully saturated rings. The Kier molecular flexibility index (Phi) is 8.75. The average Bonchev–Trinajstić information content (AvgIpc) is 3.52. The number of unbranched alkanes of at least 4 members (excludes halogenated alkanes) is 6. The van der Waals surface area contributed by atoms with E-state index in [1.54, 1.807) is 27.2 Å². The van der Waals surface area contributed by atoms with Gasteiger partial charge in [-0.25, -0.2) is 0 Å². The Hall–Kier alpha value is 0.116. The molecule has 5 heteroatoms. The molecule has 3 aromatic heterocycles. The monoisotopic (exact) mass is 622 g/mol. The molecule has 1 atom stereocenters. The Labute approximate surface area is 219 Å². The van der Waals surface area contributed by atoms with Gasteiger partial charge >= 0.3 is 221 Å². The maximum atomic E-state index is 2.76. The first-order chi connectivity index (χ1) is 15.8. The third kappa shape index (κ3) is 5.30. The zero-order valence-electron chi connectivity index (χ0n) is 21.6. The van der Waals surface area contributed by atoms with Crippen LogP contribution in [-0.2, 0) is 6.42 Å². The van der Waals surface area contributed by atoms with Crippen molar-refractivity contribution in [1.82, 2.24) is 0 Å². The van der Waals surface area contributed by atoms with Gasteiger partial charge in [-0.05, 0) is 0 Å². The van der Waals surface area contributed by atoms with Gasteiger partial charge in [0.05, 0.1) is 0 Å². The topological polar surface area (TPSA) is 0 Å². The van der Waals surface area contributed by atoms with Crippen molar-refractivity contribution >= 4 is 78.2 Å². The second-order valence-electron chi connectivity index (χ2n) is 11.0. The van der Waals surface area contributed by atoms with Gasteiger partial charge in [-0.2, -0.15) is 0 Å². The maximum absolute atomic E-state index is 2.76. The third-order valence-corrected chi connectivity index (χ3v) is 26.4. The van der Waals surface area contributed by atoms with Crippen LogP contribution >= 0.6 is 34.0 Å². The van der Waals surface area contributed by atoms with Crippen molar-refractivity contribution in [2.24, 2.45) is 0 Å². The van der Waals surface area contributed by atoms with Gasteiger partial charge in [0.2, 0.25) is 0 Å². The van der Waals surface area contributed by atoms with Crippen LogP contribution in [0.2, 0.25) is 20.9 Å². The number of thiophene rings is 3. The molecule has 0 nitrogen and oxygen atoms in total. The number of hydrogen-bond donors (Lipinski definition) is 0. The molecule has 1 aliphatic heterocycles. The van der Waals surface area contributed by atoms with E-state index in [-0.39, 0.29) is 0 Å². The second-order valence-corrected chi connectivity index (χ2v) is 34.2. The van der Waals surface area contributed by atoms with Gasteiger partial charge in [0, 0.05) is 0 Å². The fraction of sp³-hybridized carbons (Fsp3) is 0.571. The van der Waals surface area contributed by atoms with E-state index < -0.39 is 26.5 Å². The van der Waals surface area contributed by atoms with Crippen LogP contribution in [-0.4, -0.2) is 26.5 Å². The molecule has 1 aliphatic rings. The van der Waals surface area contributed by atoms with Crippen LogP contribution in [0.5, 0.6) is 0 Å². The van der Waals surface area contributed by atoms with E-state index in [9.17, 15) is 0 Å². The van der Waals surface area contributed by atoms with E-state index in [0.29, 0.717) is 0 Å². The van der Waals surface area contributed by atoms with E-state index in [1.807, 2.05) is 5.19 Å². The molecule has 0 bridgehead atoms. The van der Waals surface area contributed by atoms with Gasteiger partial charge in [-0.3, -0.25) is 0 Å². The van der Waals surface area contributed by atoms with Crippen molar-refractivity contribution < 1.29 is 0 Å². The van der Waals surface area contributed by atoms with Crippen molar-refractivity contribution in [1.29, 1.82) is 0 Å². The molecule has 3 aromatic rings. The standard InChI is InChI=1S/C25H33S3Si.3CH3.Sn/c1-4-6-8-9-10-11-17-29(23-14-13-20(28-23)12-7-5-2)21-15-16-26-24(21)25-22(29)18-19(3)27-25;;;;/h13-15,18H,4-12,17H2,1-3H3;3*1H3;. The Morgan fingerprint density at radius 2 is 1.42 bits per heavy atom. The number of rotatable bonds is 12. The molecule has 33 heavy (non-hydrogen) atoms. The fourth-order valence-electron chi connectivity index (χ4n) is 5.31. The molecule has 0 amide bonds. The summed E-state index contributed by atoms with van der Waals surface area (Å²) < 4.78 is 3.54. The molecule has 0 spiro atoms. The van der Waals surface area contributed by atoms with E-state index in [1.165, 1.54) is 68.7 Å². The zero-order valence-corrected chi connectivity index (χ0v) is 27.9. The van der Waals surface area contributed by atoms with Gasteiger partial charge in [0.25, 0.3) is 0 Å². The van der Waals surface area contributed by atoms with Crippen LogP contribution in [0.1, 0.15) is 75.0 Å². The van der Waals surface area contributed by atoms with Crippen LogP contribution < -0.4 is 17.8 Å². The van der Waals surface area contributed by atoms with Crippen molar-refractivity contribution in [2.75, 3.05) is 0 Å². The molecule has 0 saturated heterocycles. The van der Waals surface area contributed by atoms with E-state index in [4.69, 9.17) is 0 Å². The molecular formula is C28H42S3SiSn. The second kappa shape index (κ2) is 11.0. The Bertz CT molecular complexity index is 1070. The summed E-state index contributed by atoms with van der Waals surface area (Å²) >= 11 is 4.35. The quantitative estimate of drug-likeness (QED) is 0.143. The van der Waals surface area contributed by atoms with Gasteiger partial charge < -0.3 is 0 Å². The summed E-state index contributed by atoms with van der Waals surface area (Å²) in [6.45, 7) is 6.98. The first kappa shape index (κ1) is 26.2. The molecule has 0 N–H and O–H groups in total. The molecule has 4 heterocycles. The van der Waals surface area contributed by atoms with Gasteiger partial charge in [-0.15, -0.1) is 0 Å². The SMILES string of the molecule is CCCCCCCC[Si]1(c2ccc(CCCC)s2)c2cc(C)sc2-c2s[c]([Sn]([CH3])([CH3])[CH3])cc21. The molecule has 180 valence electrons. The summed E-state index contributed by atoms with van der Waals surface area (Å²) in [6.07, 6.45) is 12.3. The number of aryl methyl sites for hydroxylation is 2. The first-order valence-corrected chi connectivity index (χ1v) is 27.8. The van der Waals surface area contributed by atoms with Crippen LogP contribution in [0.4, 0.5) is 0 Å². The summed E-state index contributed by atoms with van der Waals surface area (Å²) in [6, 6.07) is 11.8. The zero-order chi connectivity index (χ0) is 23.6. The number of fused-ring (bicyclic) bond motifs is 3. The Balaban J connectivity index is 1.78. The summed E-state index contributed by atoms with van der Waals surface area (Å²) in [5.74, 6) is 0. The summed E-state index contributed by atoms with van der Waals surface area (Å²) in [4.78, 5) is 14.3. The number of hydrogen-bond acceptors (Lipinski definition) is 3. The molecule has 0 aliphatic carbocycles. The summed E-state index contributed by atoms with van der Waals surface area (Å²) in [5.41, 5.74) is 0. The Morgan fingerprint density at radius 3 is 2.15 bits per heavy atom. The van der Waals surface area contributed by atoms with E-state index in [0.717, 1.165) is 0 Å². The van der Waals surface area contributed by atoms with Crippen molar-refractivity contribution in [3.8, 4) is 9.75 Å². The van der Waals surface area contributed by atoms with E-state index in [2.05, 4.69) is 93.9 Å². The fourth-order valence-corrected chi connectivity index (χ4v) is 22.3. The minimum absolute atomic E-state index is 1.26. The molecular weight excluding hydrogens is 579 g/mol. The molecule has 1 unspecified atom stereocenters. The van der Waals surface area contributed by atoms with Crippen LogP contribution in [0.15, 0.2) is 24.3 Å². The van der Waals surface area contributed by atoms with Gasteiger partial charge in [-0.1, -0.05) is 0 Å². The molecule has 0 aromatic carbocycles. The summed E-state index contributed by atoms with van der Waals surface area (Å²) in [5, 5.41) is 3.59. The normalized spacial score (nSPS) is 17.5. The van der Waals surface area contributed by atoms with Crippen molar-refractivity contribution in [3.63, 3.8) is 0 Å². The minimum atomic E-state index is -2.11.